The van der Waals surface area contributed by atoms with Crippen LogP contribution in [-0.4, -0.2) is 6.67 Å². The first-order valence-electron chi connectivity index (χ1n) is 5.03. The van der Waals surface area contributed by atoms with Gasteiger partial charge in [-0.1, -0.05) is 43.2 Å². The molecule has 0 spiro atoms. The Kier molecular flexibility index (Phi) is 5.23. The summed E-state index contributed by atoms with van der Waals surface area (Å²) >= 11 is 0. The van der Waals surface area contributed by atoms with Crippen molar-refractivity contribution in [1.29, 1.82) is 0 Å². The fourth-order valence-electron chi connectivity index (χ4n) is 1.42. The molecule has 0 unspecified atom stereocenters. The Labute approximate surface area is 79.8 Å². The molecule has 0 aromatic heterocycles. The third-order valence-electron chi connectivity index (χ3n) is 2.19. The van der Waals surface area contributed by atoms with E-state index in [1.807, 2.05) is 6.07 Å². The highest BCUT2D eigenvalue weighted by Gasteiger charge is 1.92. The van der Waals surface area contributed by atoms with Crippen LogP contribution >= 0.6 is 0 Å². The molecule has 0 aliphatic carbocycles. The Morgan fingerprint density at radius 2 is 1.54 bits per heavy atom. The van der Waals surface area contributed by atoms with Gasteiger partial charge in [0.2, 0.25) is 0 Å². The summed E-state index contributed by atoms with van der Waals surface area (Å²) in [5.74, 6) is 0. The first kappa shape index (κ1) is 10.2. The van der Waals surface area contributed by atoms with Crippen molar-refractivity contribution in [1.82, 2.24) is 0 Å². The normalized spacial score (nSPS) is 10.2. The molecule has 0 aliphatic heterocycles. The van der Waals surface area contributed by atoms with E-state index in [0.717, 1.165) is 25.7 Å². The van der Waals surface area contributed by atoms with E-state index in [-0.39, 0.29) is 6.67 Å². The summed E-state index contributed by atoms with van der Waals surface area (Å²) in [5.41, 5.74) is 1.39. The number of rotatable bonds is 6. The average Bonchev–Trinajstić information content (AvgIpc) is 2.19. The van der Waals surface area contributed by atoms with Gasteiger partial charge in [0.25, 0.3) is 0 Å². The van der Waals surface area contributed by atoms with Crippen molar-refractivity contribution in [2.45, 2.75) is 32.1 Å². The summed E-state index contributed by atoms with van der Waals surface area (Å²) < 4.78 is 11.7. The van der Waals surface area contributed by atoms with E-state index in [4.69, 9.17) is 0 Å². The van der Waals surface area contributed by atoms with Crippen LogP contribution in [-0.2, 0) is 6.42 Å². The lowest BCUT2D eigenvalue weighted by molar-refractivity contribution is 0.453. The van der Waals surface area contributed by atoms with Crippen LogP contribution in [0.15, 0.2) is 30.3 Å². The second kappa shape index (κ2) is 6.64. The SMILES string of the molecule is [18F]CCCCCCc1ccccc1. The number of alkyl halides is 1. The highest BCUT2D eigenvalue weighted by Crippen LogP contribution is 2.07. The van der Waals surface area contributed by atoms with Crippen LogP contribution in [0.2, 0.25) is 0 Å². The molecule has 0 saturated carbocycles. The van der Waals surface area contributed by atoms with Crippen LogP contribution in [0.3, 0.4) is 0 Å². The number of unbranched alkanes of at least 4 members (excludes halogenated alkanes) is 3. The topological polar surface area (TPSA) is 0 Å². The van der Waals surface area contributed by atoms with Crippen molar-refractivity contribution < 1.29 is 4.39 Å². The second-order valence-corrected chi connectivity index (χ2v) is 3.34. The monoisotopic (exact) mass is 179 g/mol. The molecular weight excluding hydrogens is 162 g/mol. The molecule has 13 heavy (non-hydrogen) atoms. The Morgan fingerprint density at radius 3 is 2.23 bits per heavy atom. The summed E-state index contributed by atoms with van der Waals surface area (Å²) in [4.78, 5) is 0. The molecule has 1 rings (SSSR count). The van der Waals surface area contributed by atoms with Crippen LogP contribution in [0.4, 0.5) is 4.39 Å². The van der Waals surface area contributed by atoms with E-state index in [0.29, 0.717) is 0 Å². The van der Waals surface area contributed by atoms with Crippen LogP contribution in [0, 0.1) is 0 Å². The zero-order valence-corrected chi connectivity index (χ0v) is 8.01. The fourth-order valence-corrected chi connectivity index (χ4v) is 1.42. The van der Waals surface area contributed by atoms with E-state index in [2.05, 4.69) is 24.3 Å². The third-order valence-corrected chi connectivity index (χ3v) is 2.19. The summed E-state index contributed by atoms with van der Waals surface area (Å²) in [7, 11) is 0. The van der Waals surface area contributed by atoms with Gasteiger partial charge in [-0.15, -0.1) is 0 Å². The molecule has 0 atom stereocenters. The van der Waals surface area contributed by atoms with Crippen molar-refractivity contribution >= 4 is 0 Å². The molecule has 0 nitrogen and oxygen atoms in total. The molecule has 0 bridgehead atoms. The van der Waals surface area contributed by atoms with Crippen molar-refractivity contribution in [2.75, 3.05) is 6.67 Å². The average molecular weight is 179 g/mol. The standard InChI is InChI=1S/C12H17F/c13-11-7-2-1-4-8-12-9-5-3-6-10-12/h3,5-6,9-10H,1-2,4,7-8,11H2/i13-1. The number of halogens is 1. The molecule has 0 amide bonds. The zero-order chi connectivity index (χ0) is 9.36. The molecule has 1 aromatic carbocycles. The highest BCUT2D eigenvalue weighted by atomic mass is 18.2. The van der Waals surface area contributed by atoms with Gasteiger partial charge in [0.05, 0.1) is 6.67 Å². The van der Waals surface area contributed by atoms with Gasteiger partial charge in [0.15, 0.2) is 0 Å². The number of hydrogen-bond acceptors (Lipinski definition) is 0. The molecule has 1 aromatic rings. The minimum absolute atomic E-state index is 0.161. The van der Waals surface area contributed by atoms with Gasteiger partial charge in [-0.3, -0.25) is 4.39 Å². The Balaban J connectivity index is 2.07. The van der Waals surface area contributed by atoms with E-state index >= 15 is 0 Å². The Bertz CT molecular complexity index is 206. The quantitative estimate of drug-likeness (QED) is 0.583. The van der Waals surface area contributed by atoms with Crippen molar-refractivity contribution in [3.05, 3.63) is 35.9 Å². The van der Waals surface area contributed by atoms with Gasteiger partial charge in [-0.25, -0.2) is 0 Å². The summed E-state index contributed by atoms with van der Waals surface area (Å²) in [5, 5.41) is 0. The number of hydrogen-bond donors (Lipinski definition) is 0. The van der Waals surface area contributed by atoms with Gasteiger partial charge in [-0.05, 0) is 24.8 Å². The van der Waals surface area contributed by atoms with E-state index in [1.165, 1.54) is 12.0 Å². The number of benzene rings is 1. The van der Waals surface area contributed by atoms with Crippen molar-refractivity contribution in [3.8, 4) is 0 Å². The predicted molar refractivity (Wildman–Crippen MR) is 54.6 cm³/mol. The van der Waals surface area contributed by atoms with Crippen LogP contribution < -0.4 is 0 Å². The maximum atomic E-state index is 11.7. The maximum Gasteiger partial charge on any atom is 0.0894 e. The van der Waals surface area contributed by atoms with Crippen molar-refractivity contribution in [2.24, 2.45) is 0 Å². The van der Waals surface area contributed by atoms with Gasteiger partial charge in [0.1, 0.15) is 0 Å². The molecule has 0 saturated heterocycles. The fraction of sp³-hybridized carbons (Fsp3) is 0.500. The molecule has 0 radical (unpaired) electrons. The van der Waals surface area contributed by atoms with Gasteiger partial charge < -0.3 is 0 Å². The van der Waals surface area contributed by atoms with Crippen LogP contribution in [0.25, 0.3) is 0 Å². The van der Waals surface area contributed by atoms with E-state index in [1.54, 1.807) is 0 Å². The molecule has 0 fully saturated rings. The van der Waals surface area contributed by atoms with Gasteiger partial charge in [-0.2, -0.15) is 0 Å². The summed E-state index contributed by atoms with van der Waals surface area (Å²) in [6.45, 7) is -0.161. The summed E-state index contributed by atoms with van der Waals surface area (Å²) in [6.07, 6.45) is 5.23. The predicted octanol–water partition coefficient (Wildman–Crippen LogP) is 3.76. The molecule has 0 aliphatic rings. The first-order chi connectivity index (χ1) is 6.43. The minimum Gasteiger partial charge on any atom is -0.251 e. The van der Waals surface area contributed by atoms with Crippen LogP contribution in [0.1, 0.15) is 31.2 Å². The van der Waals surface area contributed by atoms with Crippen molar-refractivity contribution in [3.63, 3.8) is 0 Å². The second-order valence-electron chi connectivity index (χ2n) is 3.34. The molecule has 0 heterocycles. The van der Waals surface area contributed by atoms with Crippen LogP contribution in [0.5, 0.6) is 0 Å². The van der Waals surface area contributed by atoms with E-state index in [9.17, 15) is 4.39 Å². The first-order valence-corrected chi connectivity index (χ1v) is 5.03. The smallest absolute Gasteiger partial charge is 0.0894 e. The van der Waals surface area contributed by atoms with E-state index < -0.39 is 0 Å². The number of aryl methyl sites for hydroxylation is 1. The zero-order valence-electron chi connectivity index (χ0n) is 8.01. The molecular formula is C12H17F. The van der Waals surface area contributed by atoms with Gasteiger partial charge in [0, 0.05) is 0 Å². The lowest BCUT2D eigenvalue weighted by Gasteiger charge is -2.00. The minimum atomic E-state index is -0.161. The maximum absolute atomic E-state index is 11.7. The third kappa shape index (κ3) is 4.66. The van der Waals surface area contributed by atoms with Gasteiger partial charge >= 0.3 is 0 Å². The molecule has 1 heteroatoms. The molecule has 72 valence electrons. The molecule has 0 N–H and O–H groups in total. The lowest BCUT2D eigenvalue weighted by Crippen LogP contribution is -1.85. The Hall–Kier alpha value is -0.850. The summed E-state index contributed by atoms with van der Waals surface area (Å²) in [6, 6.07) is 10.5. The lowest BCUT2D eigenvalue weighted by atomic mass is 10.1. The Morgan fingerprint density at radius 1 is 0.846 bits per heavy atom. The largest absolute Gasteiger partial charge is 0.251 e. The highest BCUT2D eigenvalue weighted by molar-refractivity contribution is 5.14.